The summed E-state index contributed by atoms with van der Waals surface area (Å²) in [6.07, 6.45) is 0. The monoisotopic (exact) mass is 438 g/mol. The fraction of sp³-hybridized carbons (Fsp3) is 0.348. The van der Waals surface area contributed by atoms with Gasteiger partial charge in [0, 0.05) is 24.3 Å². The van der Waals surface area contributed by atoms with Crippen LogP contribution in [0.3, 0.4) is 0 Å². The molecule has 2 heterocycles. The van der Waals surface area contributed by atoms with Crippen LogP contribution in [0, 0.1) is 5.92 Å². The van der Waals surface area contributed by atoms with Crippen molar-refractivity contribution in [1.82, 2.24) is 10.3 Å². The molecule has 0 aliphatic carbocycles. The average molecular weight is 439 g/mol. The van der Waals surface area contributed by atoms with Crippen LogP contribution in [-0.2, 0) is 9.53 Å². The number of benzene rings is 2. The van der Waals surface area contributed by atoms with Gasteiger partial charge in [0.2, 0.25) is 5.91 Å². The molecule has 7 nitrogen and oxygen atoms in total. The first-order chi connectivity index (χ1) is 15.0. The second kappa shape index (κ2) is 9.45. The van der Waals surface area contributed by atoms with Crippen LogP contribution in [0.1, 0.15) is 24.2 Å². The standard InChI is InChI=1S/C23H26N4O3S/c1-15(2)20(26-21(28)16-6-4-3-5-7-16)22(29)24-17-8-9-18-19(14-17)31-23(25-18)27-10-12-30-13-11-27/h3-9,14-15,20H,10-13H2,1-2H3,(H,24,29)(H,26,28). The zero-order chi connectivity index (χ0) is 21.8. The predicted octanol–water partition coefficient (Wildman–Crippen LogP) is 3.53. The maximum atomic E-state index is 12.9. The number of thiazole rings is 1. The first-order valence-electron chi connectivity index (χ1n) is 10.4. The number of nitrogens with zero attached hydrogens (tertiary/aromatic N) is 2. The molecule has 3 aromatic rings. The number of anilines is 2. The van der Waals surface area contributed by atoms with Crippen LogP contribution >= 0.6 is 11.3 Å². The van der Waals surface area contributed by atoms with E-state index in [1.807, 2.05) is 38.1 Å². The van der Waals surface area contributed by atoms with Crippen molar-refractivity contribution in [2.45, 2.75) is 19.9 Å². The molecule has 0 spiro atoms. The van der Waals surface area contributed by atoms with Crippen molar-refractivity contribution in [2.24, 2.45) is 5.92 Å². The van der Waals surface area contributed by atoms with E-state index in [4.69, 9.17) is 9.72 Å². The average Bonchev–Trinajstić information content (AvgIpc) is 3.21. The molecule has 4 rings (SSSR count). The normalized spacial score (nSPS) is 15.1. The van der Waals surface area contributed by atoms with Gasteiger partial charge in [-0.3, -0.25) is 9.59 Å². The van der Waals surface area contributed by atoms with Crippen LogP contribution in [0.2, 0.25) is 0 Å². The molecule has 0 saturated carbocycles. The van der Waals surface area contributed by atoms with Crippen LogP contribution in [0.25, 0.3) is 10.2 Å². The van der Waals surface area contributed by atoms with Gasteiger partial charge in [0.25, 0.3) is 5.91 Å². The van der Waals surface area contributed by atoms with Crippen LogP contribution in [0.5, 0.6) is 0 Å². The molecule has 0 radical (unpaired) electrons. The smallest absolute Gasteiger partial charge is 0.251 e. The number of hydrogen-bond acceptors (Lipinski definition) is 6. The minimum absolute atomic E-state index is 0.0623. The molecule has 2 amide bonds. The SMILES string of the molecule is CC(C)C(NC(=O)c1ccccc1)C(=O)Nc1ccc2nc(N3CCOCC3)sc2c1. The van der Waals surface area contributed by atoms with Gasteiger partial charge in [0.05, 0.1) is 23.4 Å². The molecule has 1 aromatic heterocycles. The zero-order valence-corrected chi connectivity index (χ0v) is 18.4. The summed E-state index contributed by atoms with van der Waals surface area (Å²) in [5, 5.41) is 6.78. The van der Waals surface area contributed by atoms with Crippen molar-refractivity contribution in [1.29, 1.82) is 0 Å². The van der Waals surface area contributed by atoms with Crippen LogP contribution < -0.4 is 15.5 Å². The Bertz CT molecular complexity index is 1060. The van der Waals surface area contributed by atoms with E-state index in [-0.39, 0.29) is 17.7 Å². The van der Waals surface area contributed by atoms with Crippen molar-refractivity contribution in [3.63, 3.8) is 0 Å². The number of ether oxygens (including phenoxy) is 1. The second-order valence-corrected chi connectivity index (χ2v) is 8.84. The zero-order valence-electron chi connectivity index (χ0n) is 17.6. The molecular formula is C23H26N4O3S. The van der Waals surface area contributed by atoms with Gasteiger partial charge in [0.1, 0.15) is 6.04 Å². The second-order valence-electron chi connectivity index (χ2n) is 7.83. The number of carbonyl (C=O) groups is 2. The lowest BCUT2D eigenvalue weighted by Gasteiger charge is -2.25. The molecule has 1 aliphatic rings. The van der Waals surface area contributed by atoms with Gasteiger partial charge < -0.3 is 20.3 Å². The summed E-state index contributed by atoms with van der Waals surface area (Å²) in [6, 6.07) is 14.0. The van der Waals surface area contributed by atoms with Crippen LogP contribution in [-0.4, -0.2) is 49.1 Å². The van der Waals surface area contributed by atoms with Crippen molar-refractivity contribution in [3.8, 4) is 0 Å². The number of aromatic nitrogens is 1. The Morgan fingerprint density at radius 2 is 1.84 bits per heavy atom. The lowest BCUT2D eigenvalue weighted by Crippen LogP contribution is -2.47. The molecule has 1 atom stereocenters. The van der Waals surface area contributed by atoms with E-state index in [1.54, 1.807) is 35.6 Å². The number of nitrogens with one attached hydrogen (secondary N) is 2. The first-order valence-corrected chi connectivity index (χ1v) is 11.2. The quantitative estimate of drug-likeness (QED) is 0.615. The summed E-state index contributed by atoms with van der Waals surface area (Å²) >= 11 is 1.61. The molecule has 0 bridgehead atoms. The fourth-order valence-electron chi connectivity index (χ4n) is 3.45. The summed E-state index contributed by atoms with van der Waals surface area (Å²) in [7, 11) is 0. The van der Waals surface area contributed by atoms with E-state index in [0.717, 1.165) is 28.4 Å². The van der Waals surface area contributed by atoms with Crippen molar-refractivity contribution in [2.75, 3.05) is 36.5 Å². The first kappa shape index (κ1) is 21.3. The Balaban J connectivity index is 1.47. The van der Waals surface area contributed by atoms with E-state index in [9.17, 15) is 9.59 Å². The molecule has 1 unspecified atom stereocenters. The highest BCUT2D eigenvalue weighted by Crippen LogP contribution is 2.31. The third-order valence-electron chi connectivity index (χ3n) is 5.20. The van der Waals surface area contributed by atoms with Gasteiger partial charge >= 0.3 is 0 Å². The van der Waals surface area contributed by atoms with Gasteiger partial charge in [-0.2, -0.15) is 0 Å². The van der Waals surface area contributed by atoms with Gasteiger partial charge in [-0.05, 0) is 36.2 Å². The molecule has 31 heavy (non-hydrogen) atoms. The number of rotatable bonds is 6. The van der Waals surface area contributed by atoms with Gasteiger partial charge in [-0.25, -0.2) is 4.98 Å². The molecule has 8 heteroatoms. The molecule has 1 fully saturated rings. The number of carbonyl (C=O) groups excluding carboxylic acids is 2. The van der Waals surface area contributed by atoms with E-state index < -0.39 is 6.04 Å². The maximum Gasteiger partial charge on any atom is 0.251 e. The van der Waals surface area contributed by atoms with Gasteiger partial charge in [-0.1, -0.05) is 43.4 Å². The molecule has 2 N–H and O–H groups in total. The lowest BCUT2D eigenvalue weighted by molar-refractivity contribution is -0.118. The highest BCUT2D eigenvalue weighted by Gasteiger charge is 2.25. The summed E-state index contributed by atoms with van der Waals surface area (Å²) < 4.78 is 6.42. The minimum atomic E-state index is -0.645. The summed E-state index contributed by atoms with van der Waals surface area (Å²) in [5.41, 5.74) is 2.12. The molecule has 1 aliphatic heterocycles. The summed E-state index contributed by atoms with van der Waals surface area (Å²) in [5.74, 6) is -0.563. The number of hydrogen-bond donors (Lipinski definition) is 2. The van der Waals surface area contributed by atoms with Crippen molar-refractivity contribution >= 4 is 44.2 Å². The Labute approximate surface area is 185 Å². The Morgan fingerprint density at radius 1 is 1.10 bits per heavy atom. The number of fused-ring (bicyclic) bond motifs is 1. The van der Waals surface area contributed by atoms with Gasteiger partial charge in [-0.15, -0.1) is 0 Å². The number of amides is 2. The summed E-state index contributed by atoms with van der Waals surface area (Å²) in [6.45, 7) is 6.92. The van der Waals surface area contributed by atoms with E-state index in [1.165, 1.54) is 0 Å². The maximum absolute atomic E-state index is 12.9. The van der Waals surface area contributed by atoms with Crippen LogP contribution in [0.15, 0.2) is 48.5 Å². The Morgan fingerprint density at radius 3 is 2.55 bits per heavy atom. The minimum Gasteiger partial charge on any atom is -0.378 e. The van der Waals surface area contributed by atoms with E-state index in [0.29, 0.717) is 24.5 Å². The van der Waals surface area contributed by atoms with Gasteiger partial charge in [0.15, 0.2) is 5.13 Å². The third-order valence-corrected chi connectivity index (χ3v) is 6.28. The molecular weight excluding hydrogens is 412 g/mol. The topological polar surface area (TPSA) is 83.6 Å². The summed E-state index contributed by atoms with van der Waals surface area (Å²) in [4.78, 5) is 32.4. The Hall–Kier alpha value is -2.97. The highest BCUT2D eigenvalue weighted by molar-refractivity contribution is 7.22. The van der Waals surface area contributed by atoms with E-state index in [2.05, 4.69) is 15.5 Å². The molecule has 2 aromatic carbocycles. The highest BCUT2D eigenvalue weighted by atomic mass is 32.1. The van der Waals surface area contributed by atoms with E-state index >= 15 is 0 Å². The molecule has 1 saturated heterocycles. The van der Waals surface area contributed by atoms with Crippen molar-refractivity contribution < 1.29 is 14.3 Å². The van der Waals surface area contributed by atoms with Crippen molar-refractivity contribution in [3.05, 3.63) is 54.1 Å². The largest absolute Gasteiger partial charge is 0.378 e. The van der Waals surface area contributed by atoms with Crippen LogP contribution in [0.4, 0.5) is 10.8 Å². The Kier molecular flexibility index (Phi) is 6.48. The predicted molar refractivity (Wildman–Crippen MR) is 124 cm³/mol. The third kappa shape index (κ3) is 5.03. The lowest BCUT2D eigenvalue weighted by atomic mass is 10.0. The molecule has 162 valence electrons. The fourth-order valence-corrected chi connectivity index (χ4v) is 4.51. The number of morpholine rings is 1.